The van der Waals surface area contributed by atoms with Crippen LogP contribution in [0.25, 0.3) is 0 Å². The highest BCUT2D eigenvalue weighted by Gasteiger charge is 2.42. The second-order valence-corrected chi connectivity index (χ2v) is 11.8. The van der Waals surface area contributed by atoms with Gasteiger partial charge in [0.2, 0.25) is 10.0 Å². The number of methoxy groups -OCH3 is 2. The number of benzene rings is 2. The maximum Gasteiger partial charge on any atom is 0.325 e. The van der Waals surface area contributed by atoms with Crippen LogP contribution >= 0.6 is 0 Å². The Labute approximate surface area is 213 Å². The fourth-order valence-corrected chi connectivity index (χ4v) is 5.86. The largest absolute Gasteiger partial charge is 0.497 e. The lowest BCUT2D eigenvalue weighted by molar-refractivity contribution is -0.161. The summed E-state index contributed by atoms with van der Waals surface area (Å²) in [5.74, 6) is 0.955. The summed E-state index contributed by atoms with van der Waals surface area (Å²) in [6.45, 7) is 9.60. The lowest BCUT2D eigenvalue weighted by Crippen LogP contribution is -2.50. The van der Waals surface area contributed by atoms with E-state index in [1.165, 1.54) is 10.4 Å². The van der Waals surface area contributed by atoms with Gasteiger partial charge in [0.05, 0.1) is 19.9 Å². The summed E-state index contributed by atoms with van der Waals surface area (Å²) in [7, 11) is -0.830. The number of ether oxygens (including phenoxy) is 4. The van der Waals surface area contributed by atoms with Crippen molar-refractivity contribution < 1.29 is 32.2 Å². The summed E-state index contributed by atoms with van der Waals surface area (Å²) >= 11 is 0. The highest BCUT2D eigenvalue weighted by molar-refractivity contribution is 7.89. The molecule has 1 heterocycles. The fourth-order valence-electron chi connectivity index (χ4n) is 4.00. The molecule has 1 atom stereocenters. The average molecular weight is 521 g/mol. The van der Waals surface area contributed by atoms with E-state index >= 15 is 0 Å². The van der Waals surface area contributed by atoms with E-state index in [1.807, 2.05) is 26.0 Å². The van der Waals surface area contributed by atoms with Crippen LogP contribution in [0.15, 0.2) is 41.3 Å². The van der Waals surface area contributed by atoms with E-state index in [1.54, 1.807) is 53.2 Å². The van der Waals surface area contributed by atoms with Crippen LogP contribution in [0.5, 0.6) is 17.2 Å². The molecule has 0 amide bonds. The minimum atomic E-state index is -3.98. The van der Waals surface area contributed by atoms with Crippen LogP contribution in [-0.4, -0.2) is 57.6 Å². The summed E-state index contributed by atoms with van der Waals surface area (Å²) in [5, 5.41) is 3.17. The minimum Gasteiger partial charge on any atom is -0.497 e. The second kappa shape index (κ2) is 11.0. The maximum atomic E-state index is 13.7. The van der Waals surface area contributed by atoms with Crippen LogP contribution in [0.4, 0.5) is 5.69 Å². The number of nitrogens with zero attached hydrogens (tertiary/aromatic N) is 1. The molecule has 1 aliphatic rings. The number of sulfonamides is 1. The van der Waals surface area contributed by atoms with E-state index in [0.29, 0.717) is 29.5 Å². The third kappa shape index (κ3) is 6.41. The van der Waals surface area contributed by atoms with Crippen LogP contribution in [0.3, 0.4) is 0 Å². The highest BCUT2D eigenvalue weighted by atomic mass is 32.2. The first-order chi connectivity index (χ1) is 16.9. The first-order valence-corrected chi connectivity index (χ1v) is 13.3. The van der Waals surface area contributed by atoms with Crippen molar-refractivity contribution in [2.45, 2.75) is 57.8 Å². The lowest BCUT2D eigenvalue weighted by atomic mass is 10.0. The van der Waals surface area contributed by atoms with E-state index in [9.17, 15) is 13.2 Å². The molecule has 36 heavy (non-hydrogen) atoms. The van der Waals surface area contributed by atoms with Crippen LogP contribution in [0.2, 0.25) is 0 Å². The van der Waals surface area contributed by atoms with Crippen LogP contribution in [0.1, 0.15) is 40.2 Å². The molecule has 0 bridgehead atoms. The fraction of sp³-hybridized carbons (Fsp3) is 0.500. The van der Waals surface area contributed by atoms with E-state index < -0.39 is 27.6 Å². The molecule has 3 rings (SSSR count). The molecule has 0 aromatic heterocycles. The lowest BCUT2D eigenvalue weighted by Gasteiger charge is -2.33. The van der Waals surface area contributed by atoms with E-state index in [0.717, 1.165) is 5.56 Å². The van der Waals surface area contributed by atoms with Gasteiger partial charge in [-0.1, -0.05) is 13.8 Å². The molecular weight excluding hydrogens is 484 g/mol. The Bertz CT molecular complexity index is 1170. The number of hydrogen-bond acceptors (Lipinski definition) is 8. The predicted molar refractivity (Wildman–Crippen MR) is 137 cm³/mol. The van der Waals surface area contributed by atoms with E-state index in [2.05, 4.69) is 5.32 Å². The van der Waals surface area contributed by atoms with Gasteiger partial charge in [-0.25, -0.2) is 8.42 Å². The number of esters is 1. The molecule has 0 aliphatic carbocycles. The van der Waals surface area contributed by atoms with Crippen LogP contribution in [0, 0.1) is 5.92 Å². The Morgan fingerprint density at radius 2 is 1.67 bits per heavy atom. The summed E-state index contributed by atoms with van der Waals surface area (Å²) in [4.78, 5) is 13.1. The summed E-state index contributed by atoms with van der Waals surface area (Å²) in [6.07, 6.45) is 0. The molecule has 198 valence electrons. The van der Waals surface area contributed by atoms with Crippen molar-refractivity contribution in [1.82, 2.24) is 4.31 Å². The number of nitrogens with one attached hydrogen (secondary N) is 1. The number of carbonyl (C=O) groups excluding carboxylic acids is 1. The van der Waals surface area contributed by atoms with Gasteiger partial charge in [0.25, 0.3) is 0 Å². The molecule has 2 aromatic rings. The van der Waals surface area contributed by atoms with Gasteiger partial charge in [-0.3, -0.25) is 4.79 Å². The summed E-state index contributed by atoms with van der Waals surface area (Å²) in [5.41, 5.74) is 0.532. The molecule has 1 N–H and O–H groups in total. The zero-order valence-corrected chi connectivity index (χ0v) is 22.8. The van der Waals surface area contributed by atoms with Gasteiger partial charge in [-0.2, -0.15) is 4.31 Å². The molecule has 0 saturated heterocycles. The number of anilines is 1. The highest BCUT2D eigenvalue weighted by Crippen LogP contribution is 2.34. The Morgan fingerprint density at radius 3 is 2.22 bits per heavy atom. The van der Waals surface area contributed by atoms with Gasteiger partial charge in [-0.15, -0.1) is 0 Å². The molecule has 0 saturated carbocycles. The summed E-state index contributed by atoms with van der Waals surface area (Å²) < 4.78 is 50.7. The van der Waals surface area contributed by atoms with Gasteiger partial charge < -0.3 is 24.3 Å². The first kappa shape index (κ1) is 27.6. The zero-order valence-electron chi connectivity index (χ0n) is 22.0. The average Bonchev–Trinajstić information content (AvgIpc) is 2.92. The van der Waals surface area contributed by atoms with Crippen molar-refractivity contribution in [3.05, 3.63) is 42.0 Å². The Kier molecular flexibility index (Phi) is 8.40. The van der Waals surface area contributed by atoms with Crippen molar-refractivity contribution in [3.63, 3.8) is 0 Å². The SMILES string of the molecule is COc1cc(COc2ccc3c(c2)NCCN([C@H](C(=O)OC(C)(C)C)C(C)C)S3(=O)=O)cc(OC)c1. The summed E-state index contributed by atoms with van der Waals surface area (Å²) in [6, 6.07) is 9.28. The van der Waals surface area contributed by atoms with Crippen molar-refractivity contribution in [1.29, 1.82) is 0 Å². The number of rotatable bonds is 8. The van der Waals surface area contributed by atoms with Gasteiger partial charge in [-0.05, 0) is 56.5 Å². The molecule has 2 aromatic carbocycles. The third-order valence-corrected chi connectivity index (χ3v) is 7.53. The standard InChI is InChI=1S/C26H36N2O7S/c1-17(2)24(25(29)35-26(3,4)5)28-11-10-27-22-15-19(8-9-23(22)36(28,30)31)34-16-18-12-20(32-6)14-21(13-18)33-7/h8-9,12-15,17,24,27H,10-11,16H2,1-7H3/t24-/m0/s1. The molecule has 0 spiro atoms. The molecule has 0 unspecified atom stereocenters. The van der Waals surface area contributed by atoms with Crippen molar-refractivity contribution in [2.75, 3.05) is 32.6 Å². The van der Waals surface area contributed by atoms with E-state index in [-0.39, 0.29) is 24.0 Å². The molecule has 9 nitrogen and oxygen atoms in total. The Balaban J connectivity index is 1.86. The zero-order chi connectivity index (χ0) is 26.7. The smallest absolute Gasteiger partial charge is 0.325 e. The molecular formula is C26H36N2O7S. The van der Waals surface area contributed by atoms with Crippen molar-refractivity contribution in [3.8, 4) is 17.2 Å². The Morgan fingerprint density at radius 1 is 1.03 bits per heavy atom. The second-order valence-electron chi connectivity index (χ2n) is 9.93. The first-order valence-electron chi connectivity index (χ1n) is 11.8. The maximum absolute atomic E-state index is 13.7. The van der Waals surface area contributed by atoms with Gasteiger partial charge in [0.1, 0.15) is 40.4 Å². The normalized spacial score (nSPS) is 16.3. The number of fused-ring (bicyclic) bond motifs is 1. The quantitative estimate of drug-likeness (QED) is 0.520. The minimum absolute atomic E-state index is 0.0876. The predicted octanol–water partition coefficient (Wildman–Crippen LogP) is 4.07. The van der Waals surface area contributed by atoms with Gasteiger partial charge in [0, 0.05) is 25.2 Å². The van der Waals surface area contributed by atoms with Crippen LogP contribution < -0.4 is 19.5 Å². The molecule has 10 heteroatoms. The molecule has 1 aliphatic heterocycles. The third-order valence-electron chi connectivity index (χ3n) is 5.59. The van der Waals surface area contributed by atoms with E-state index in [4.69, 9.17) is 18.9 Å². The monoisotopic (exact) mass is 520 g/mol. The molecule has 0 fully saturated rings. The number of carbonyl (C=O) groups is 1. The molecule has 0 radical (unpaired) electrons. The van der Waals surface area contributed by atoms with Gasteiger partial charge in [0.15, 0.2) is 0 Å². The van der Waals surface area contributed by atoms with Gasteiger partial charge >= 0.3 is 5.97 Å². The topological polar surface area (TPSA) is 103 Å². The number of hydrogen-bond donors (Lipinski definition) is 1. The van der Waals surface area contributed by atoms with Crippen molar-refractivity contribution >= 4 is 21.7 Å². The van der Waals surface area contributed by atoms with Crippen molar-refractivity contribution in [2.24, 2.45) is 5.92 Å². The Hall–Kier alpha value is -2.98. The van der Waals surface area contributed by atoms with Crippen LogP contribution in [-0.2, 0) is 26.2 Å².